The van der Waals surface area contributed by atoms with Crippen molar-refractivity contribution in [1.29, 1.82) is 0 Å². The Morgan fingerprint density at radius 2 is 1.89 bits per heavy atom. The third-order valence-corrected chi connectivity index (χ3v) is 6.43. The molecule has 3 aliphatic heterocycles. The van der Waals surface area contributed by atoms with Crippen molar-refractivity contribution >= 4 is 5.91 Å². The third-order valence-electron chi connectivity index (χ3n) is 6.43. The molecule has 4 rings (SSSR count). The highest BCUT2D eigenvalue weighted by Crippen LogP contribution is 2.41. The SMILES string of the molecule is COCCN1C(=O)[C@H]2CN(Cc3ccc(OC)cc3)CCN2C12CCOCC2. The molecule has 0 saturated carbocycles. The summed E-state index contributed by atoms with van der Waals surface area (Å²) in [4.78, 5) is 20.3. The van der Waals surface area contributed by atoms with E-state index in [1.807, 2.05) is 12.1 Å². The number of benzene rings is 1. The van der Waals surface area contributed by atoms with Crippen molar-refractivity contribution in [3.63, 3.8) is 0 Å². The molecule has 7 heteroatoms. The number of fused-ring (bicyclic) bond motifs is 2. The first-order chi connectivity index (χ1) is 13.7. The van der Waals surface area contributed by atoms with Crippen molar-refractivity contribution in [2.75, 3.05) is 60.2 Å². The molecule has 7 nitrogen and oxygen atoms in total. The monoisotopic (exact) mass is 389 g/mol. The number of hydrogen-bond donors (Lipinski definition) is 0. The molecular weight excluding hydrogens is 358 g/mol. The first kappa shape index (κ1) is 19.6. The number of piperazine rings is 1. The smallest absolute Gasteiger partial charge is 0.242 e. The topological polar surface area (TPSA) is 54.5 Å². The van der Waals surface area contributed by atoms with E-state index in [0.717, 1.165) is 58.0 Å². The molecular formula is C21H31N3O4. The Morgan fingerprint density at radius 1 is 1.14 bits per heavy atom. The quantitative estimate of drug-likeness (QED) is 0.728. The third kappa shape index (κ3) is 3.52. The second-order valence-corrected chi connectivity index (χ2v) is 7.87. The summed E-state index contributed by atoms with van der Waals surface area (Å²) < 4.78 is 16.2. The van der Waals surface area contributed by atoms with Gasteiger partial charge in [0.25, 0.3) is 0 Å². The summed E-state index contributed by atoms with van der Waals surface area (Å²) in [5, 5.41) is 0. The summed E-state index contributed by atoms with van der Waals surface area (Å²) in [5.41, 5.74) is 1.06. The minimum Gasteiger partial charge on any atom is -0.497 e. The van der Waals surface area contributed by atoms with Gasteiger partial charge in [0, 0.05) is 52.7 Å². The van der Waals surface area contributed by atoms with Crippen molar-refractivity contribution in [1.82, 2.24) is 14.7 Å². The van der Waals surface area contributed by atoms with E-state index < -0.39 is 0 Å². The van der Waals surface area contributed by atoms with E-state index in [0.29, 0.717) is 13.2 Å². The molecule has 1 amide bonds. The van der Waals surface area contributed by atoms with Gasteiger partial charge in [-0.1, -0.05) is 12.1 Å². The standard InChI is InChI=1S/C21H31N3O4/c1-26-14-11-24-20(25)19-16-22(15-17-3-5-18(27-2)6-4-17)9-10-23(19)21(24)7-12-28-13-8-21/h3-6,19H,7-16H2,1-2H3/t19-/m1/s1. The van der Waals surface area contributed by atoms with Crippen LogP contribution in [0.25, 0.3) is 0 Å². The van der Waals surface area contributed by atoms with Crippen LogP contribution in [0.2, 0.25) is 0 Å². The molecule has 154 valence electrons. The second-order valence-electron chi connectivity index (χ2n) is 7.87. The van der Waals surface area contributed by atoms with E-state index in [1.165, 1.54) is 5.56 Å². The second kappa shape index (κ2) is 8.37. The highest BCUT2D eigenvalue weighted by atomic mass is 16.5. The van der Waals surface area contributed by atoms with Crippen LogP contribution in [-0.2, 0) is 20.8 Å². The van der Waals surface area contributed by atoms with Crippen molar-refractivity contribution in [3.8, 4) is 5.75 Å². The van der Waals surface area contributed by atoms with E-state index in [4.69, 9.17) is 14.2 Å². The molecule has 0 aliphatic carbocycles. The average molecular weight is 389 g/mol. The predicted molar refractivity (Wildman–Crippen MR) is 105 cm³/mol. The van der Waals surface area contributed by atoms with Gasteiger partial charge < -0.3 is 19.1 Å². The van der Waals surface area contributed by atoms with Gasteiger partial charge in [0.05, 0.1) is 26.9 Å². The Kier molecular flexibility index (Phi) is 5.87. The van der Waals surface area contributed by atoms with Crippen LogP contribution < -0.4 is 4.74 Å². The van der Waals surface area contributed by atoms with E-state index in [-0.39, 0.29) is 17.6 Å². The molecule has 3 saturated heterocycles. The number of ether oxygens (including phenoxy) is 3. The van der Waals surface area contributed by atoms with Crippen molar-refractivity contribution in [3.05, 3.63) is 29.8 Å². The molecule has 0 bridgehead atoms. The minimum absolute atomic E-state index is 0.0676. The largest absolute Gasteiger partial charge is 0.497 e. The van der Waals surface area contributed by atoms with Gasteiger partial charge in [-0.2, -0.15) is 0 Å². The van der Waals surface area contributed by atoms with Gasteiger partial charge in [0.2, 0.25) is 5.91 Å². The highest BCUT2D eigenvalue weighted by Gasteiger charge is 2.57. The van der Waals surface area contributed by atoms with Gasteiger partial charge in [0.15, 0.2) is 0 Å². The summed E-state index contributed by atoms with van der Waals surface area (Å²) >= 11 is 0. The zero-order valence-corrected chi connectivity index (χ0v) is 16.9. The summed E-state index contributed by atoms with van der Waals surface area (Å²) in [6.07, 6.45) is 1.77. The first-order valence-electron chi connectivity index (χ1n) is 10.2. The lowest BCUT2D eigenvalue weighted by Crippen LogP contribution is -2.62. The van der Waals surface area contributed by atoms with Gasteiger partial charge in [-0.15, -0.1) is 0 Å². The number of rotatable bonds is 6. The number of methoxy groups -OCH3 is 2. The maximum atomic E-state index is 13.3. The van der Waals surface area contributed by atoms with Crippen LogP contribution in [0.15, 0.2) is 24.3 Å². The summed E-state index contributed by atoms with van der Waals surface area (Å²) in [6, 6.07) is 8.13. The fraction of sp³-hybridized carbons (Fsp3) is 0.667. The van der Waals surface area contributed by atoms with Crippen molar-refractivity contribution in [2.45, 2.75) is 31.1 Å². The van der Waals surface area contributed by atoms with E-state index in [2.05, 4.69) is 26.8 Å². The van der Waals surface area contributed by atoms with Crippen LogP contribution in [0.3, 0.4) is 0 Å². The molecule has 0 unspecified atom stereocenters. The Morgan fingerprint density at radius 3 is 2.57 bits per heavy atom. The minimum atomic E-state index is -0.190. The molecule has 0 radical (unpaired) electrons. The van der Waals surface area contributed by atoms with Gasteiger partial charge in [-0.25, -0.2) is 0 Å². The van der Waals surface area contributed by atoms with E-state index in [9.17, 15) is 4.79 Å². The Labute approximate surface area is 167 Å². The lowest BCUT2D eigenvalue weighted by molar-refractivity contribution is -0.137. The van der Waals surface area contributed by atoms with Crippen LogP contribution in [0, 0.1) is 0 Å². The molecule has 0 N–H and O–H groups in total. The van der Waals surface area contributed by atoms with Gasteiger partial charge in [0.1, 0.15) is 17.5 Å². The number of hydrogen-bond acceptors (Lipinski definition) is 6. The van der Waals surface area contributed by atoms with Gasteiger partial charge in [-0.3, -0.25) is 14.6 Å². The Bertz CT molecular complexity index is 675. The number of amides is 1. The summed E-state index contributed by atoms with van der Waals surface area (Å²) in [6.45, 7) is 6.18. The van der Waals surface area contributed by atoms with Crippen LogP contribution in [0.5, 0.6) is 5.75 Å². The maximum absolute atomic E-state index is 13.3. The molecule has 1 aromatic carbocycles. The van der Waals surface area contributed by atoms with Crippen LogP contribution in [0.4, 0.5) is 0 Å². The number of carbonyl (C=O) groups excluding carboxylic acids is 1. The molecule has 3 heterocycles. The predicted octanol–water partition coefficient (Wildman–Crippen LogP) is 1.18. The average Bonchev–Trinajstić information content (AvgIpc) is 2.95. The molecule has 1 spiro atoms. The molecule has 3 aliphatic rings. The lowest BCUT2D eigenvalue weighted by Gasteiger charge is -2.49. The molecule has 1 atom stereocenters. The Balaban J connectivity index is 1.48. The highest BCUT2D eigenvalue weighted by molar-refractivity contribution is 5.85. The summed E-state index contributed by atoms with van der Waals surface area (Å²) in [7, 11) is 3.38. The van der Waals surface area contributed by atoms with Crippen LogP contribution in [-0.4, -0.2) is 92.5 Å². The number of carbonyl (C=O) groups is 1. The first-order valence-corrected chi connectivity index (χ1v) is 10.2. The van der Waals surface area contributed by atoms with Crippen LogP contribution >= 0.6 is 0 Å². The fourth-order valence-electron chi connectivity index (χ4n) is 4.98. The Hall–Kier alpha value is -1.67. The fourth-order valence-corrected chi connectivity index (χ4v) is 4.98. The lowest BCUT2D eigenvalue weighted by atomic mass is 9.96. The normalized spacial score (nSPS) is 25.3. The van der Waals surface area contributed by atoms with Crippen molar-refractivity contribution < 1.29 is 19.0 Å². The maximum Gasteiger partial charge on any atom is 0.242 e. The molecule has 0 aromatic heterocycles. The molecule has 1 aromatic rings. The van der Waals surface area contributed by atoms with E-state index in [1.54, 1.807) is 14.2 Å². The molecule has 28 heavy (non-hydrogen) atoms. The van der Waals surface area contributed by atoms with Crippen LogP contribution in [0.1, 0.15) is 18.4 Å². The van der Waals surface area contributed by atoms with Gasteiger partial charge >= 0.3 is 0 Å². The number of nitrogens with zero attached hydrogens (tertiary/aromatic N) is 3. The van der Waals surface area contributed by atoms with Crippen molar-refractivity contribution in [2.24, 2.45) is 0 Å². The summed E-state index contributed by atoms with van der Waals surface area (Å²) in [5.74, 6) is 1.12. The van der Waals surface area contributed by atoms with E-state index >= 15 is 0 Å². The zero-order valence-electron chi connectivity index (χ0n) is 16.9. The van der Waals surface area contributed by atoms with Gasteiger partial charge in [-0.05, 0) is 17.7 Å². The zero-order chi connectivity index (χ0) is 19.6. The molecule has 3 fully saturated rings.